The standard InChI is InChI=1S/C18H18ClNO4S.Na/c19-15-6-8-16(9-7-15)25(23,24)20-11-17(18(21)22)14-5-4-12-2-1-3-13(12)10-14;/h4-10,17,20H,1-3,11H2,(H,21,22);/q;+1/p-1. The number of carboxylic acid groups (broad SMARTS) is 1. The van der Waals surface area contributed by atoms with Gasteiger partial charge in [0.2, 0.25) is 10.0 Å². The van der Waals surface area contributed by atoms with E-state index in [1.165, 1.54) is 29.8 Å². The molecule has 3 rings (SSSR count). The Balaban J connectivity index is 0.00000243. The second-order valence-electron chi connectivity index (χ2n) is 6.06. The molecule has 1 aliphatic carbocycles. The van der Waals surface area contributed by atoms with Gasteiger partial charge in [0.05, 0.1) is 10.9 Å². The number of aliphatic carboxylic acids is 1. The zero-order chi connectivity index (χ0) is 18.0. The Labute approximate surface area is 180 Å². The predicted molar refractivity (Wildman–Crippen MR) is 92.9 cm³/mol. The van der Waals surface area contributed by atoms with Crippen molar-refractivity contribution in [2.75, 3.05) is 6.54 Å². The van der Waals surface area contributed by atoms with E-state index in [4.69, 9.17) is 11.6 Å². The van der Waals surface area contributed by atoms with Crippen molar-refractivity contribution in [3.05, 3.63) is 64.2 Å². The van der Waals surface area contributed by atoms with Crippen LogP contribution in [0, 0.1) is 0 Å². The number of aryl methyl sites for hydroxylation is 2. The largest absolute Gasteiger partial charge is 1.00 e. The summed E-state index contributed by atoms with van der Waals surface area (Å²) >= 11 is 5.76. The Morgan fingerprint density at radius 3 is 2.42 bits per heavy atom. The van der Waals surface area contributed by atoms with Gasteiger partial charge in [-0.15, -0.1) is 0 Å². The Morgan fingerprint density at radius 1 is 1.12 bits per heavy atom. The molecule has 0 radical (unpaired) electrons. The van der Waals surface area contributed by atoms with Crippen molar-refractivity contribution < 1.29 is 47.9 Å². The Kier molecular flexibility index (Phi) is 7.30. The molecule has 132 valence electrons. The van der Waals surface area contributed by atoms with E-state index in [9.17, 15) is 18.3 Å². The first-order valence-corrected chi connectivity index (χ1v) is 9.81. The molecule has 1 atom stereocenters. The summed E-state index contributed by atoms with van der Waals surface area (Å²) in [7, 11) is -3.82. The molecule has 8 heteroatoms. The van der Waals surface area contributed by atoms with Crippen molar-refractivity contribution >= 4 is 27.6 Å². The Bertz CT molecular complexity index is 900. The van der Waals surface area contributed by atoms with Crippen LogP contribution < -0.4 is 39.4 Å². The van der Waals surface area contributed by atoms with Crippen LogP contribution in [-0.4, -0.2) is 20.9 Å². The van der Waals surface area contributed by atoms with Crippen molar-refractivity contribution in [2.24, 2.45) is 0 Å². The molecule has 0 heterocycles. The number of carboxylic acids is 1. The van der Waals surface area contributed by atoms with E-state index in [0.717, 1.165) is 24.8 Å². The van der Waals surface area contributed by atoms with Crippen LogP contribution in [-0.2, 0) is 27.7 Å². The summed E-state index contributed by atoms with van der Waals surface area (Å²) in [5.41, 5.74) is 2.91. The number of sulfonamides is 1. The van der Waals surface area contributed by atoms with Crippen molar-refractivity contribution in [2.45, 2.75) is 30.1 Å². The van der Waals surface area contributed by atoms with Crippen LogP contribution in [0.15, 0.2) is 47.4 Å². The molecule has 5 nitrogen and oxygen atoms in total. The van der Waals surface area contributed by atoms with E-state index in [2.05, 4.69) is 4.72 Å². The average molecular weight is 402 g/mol. The Hall–Kier alpha value is -0.890. The van der Waals surface area contributed by atoms with Crippen molar-refractivity contribution in [3.8, 4) is 0 Å². The summed E-state index contributed by atoms with van der Waals surface area (Å²) in [6.45, 7) is -0.272. The average Bonchev–Trinajstić information content (AvgIpc) is 3.02. The van der Waals surface area contributed by atoms with E-state index >= 15 is 0 Å². The molecular weight excluding hydrogens is 385 g/mol. The first-order chi connectivity index (χ1) is 11.9. The number of carbonyl (C=O) groups is 1. The van der Waals surface area contributed by atoms with Crippen LogP contribution in [0.25, 0.3) is 0 Å². The molecule has 1 aliphatic rings. The van der Waals surface area contributed by atoms with Gasteiger partial charge < -0.3 is 9.90 Å². The monoisotopic (exact) mass is 401 g/mol. The first kappa shape index (κ1) is 21.4. The topological polar surface area (TPSA) is 86.3 Å². The Morgan fingerprint density at radius 2 is 1.77 bits per heavy atom. The fourth-order valence-electron chi connectivity index (χ4n) is 3.04. The van der Waals surface area contributed by atoms with Gasteiger partial charge in [0.15, 0.2) is 0 Å². The van der Waals surface area contributed by atoms with Gasteiger partial charge in [-0.05, 0) is 60.2 Å². The van der Waals surface area contributed by atoms with Crippen molar-refractivity contribution in [1.82, 2.24) is 4.72 Å². The number of halogens is 1. The number of rotatable bonds is 6. The van der Waals surface area contributed by atoms with Crippen LogP contribution in [0.1, 0.15) is 29.0 Å². The zero-order valence-electron chi connectivity index (χ0n) is 14.4. The molecule has 0 fully saturated rings. The van der Waals surface area contributed by atoms with Crippen LogP contribution in [0.3, 0.4) is 0 Å². The second-order valence-corrected chi connectivity index (χ2v) is 8.26. The number of benzene rings is 2. The number of nitrogens with one attached hydrogen (secondary N) is 1. The molecule has 0 saturated carbocycles. The SMILES string of the molecule is O=C([O-])C(CNS(=O)(=O)c1ccc(Cl)cc1)c1ccc2c(c1)CCC2.[Na+]. The van der Waals surface area contributed by atoms with Gasteiger partial charge in [0.1, 0.15) is 0 Å². The molecule has 26 heavy (non-hydrogen) atoms. The van der Waals surface area contributed by atoms with Gasteiger partial charge in [-0.25, -0.2) is 13.1 Å². The molecule has 2 aromatic carbocycles. The summed E-state index contributed by atoms with van der Waals surface area (Å²) in [5, 5.41) is 12.0. The van der Waals surface area contributed by atoms with E-state index in [1.807, 2.05) is 12.1 Å². The van der Waals surface area contributed by atoms with Crippen LogP contribution >= 0.6 is 11.6 Å². The van der Waals surface area contributed by atoms with E-state index < -0.39 is 21.9 Å². The fourth-order valence-corrected chi connectivity index (χ4v) is 4.21. The first-order valence-electron chi connectivity index (χ1n) is 7.94. The number of hydrogen-bond donors (Lipinski definition) is 1. The summed E-state index contributed by atoms with van der Waals surface area (Å²) in [5.74, 6) is -2.36. The third-order valence-electron chi connectivity index (χ3n) is 4.41. The normalized spacial score (nSPS) is 14.3. The van der Waals surface area contributed by atoms with Gasteiger partial charge in [-0.3, -0.25) is 0 Å². The minimum absolute atomic E-state index is 0. The van der Waals surface area contributed by atoms with Gasteiger partial charge >= 0.3 is 29.6 Å². The zero-order valence-corrected chi connectivity index (χ0v) is 17.9. The van der Waals surface area contributed by atoms with Crippen molar-refractivity contribution in [1.29, 1.82) is 0 Å². The summed E-state index contributed by atoms with van der Waals surface area (Å²) in [6.07, 6.45) is 2.96. The minimum atomic E-state index is -3.82. The molecule has 0 aromatic heterocycles. The number of fused-ring (bicyclic) bond motifs is 1. The van der Waals surface area contributed by atoms with Crippen LogP contribution in [0.5, 0.6) is 0 Å². The maximum atomic E-state index is 12.3. The quantitative estimate of drug-likeness (QED) is 0.606. The molecule has 1 unspecified atom stereocenters. The third-order valence-corrected chi connectivity index (χ3v) is 6.10. The predicted octanol–water partition coefficient (Wildman–Crippen LogP) is -1.36. The molecule has 0 amide bonds. The molecule has 0 aliphatic heterocycles. The molecular formula is C18H17ClNNaO4S. The molecule has 1 N–H and O–H groups in total. The van der Waals surface area contributed by atoms with Gasteiger partial charge in [-0.2, -0.15) is 0 Å². The van der Waals surface area contributed by atoms with Crippen LogP contribution in [0.2, 0.25) is 5.02 Å². The van der Waals surface area contributed by atoms with E-state index in [-0.39, 0.29) is 41.0 Å². The minimum Gasteiger partial charge on any atom is -0.549 e. The third kappa shape index (κ3) is 4.88. The summed E-state index contributed by atoms with van der Waals surface area (Å²) in [4.78, 5) is 11.6. The van der Waals surface area contributed by atoms with Gasteiger partial charge in [-0.1, -0.05) is 29.8 Å². The molecule has 2 aromatic rings. The molecule has 0 spiro atoms. The molecule has 0 saturated heterocycles. The summed E-state index contributed by atoms with van der Waals surface area (Å²) < 4.78 is 27.0. The van der Waals surface area contributed by atoms with Gasteiger partial charge in [0.25, 0.3) is 0 Å². The van der Waals surface area contributed by atoms with Crippen molar-refractivity contribution in [3.63, 3.8) is 0 Å². The molecule has 0 bridgehead atoms. The van der Waals surface area contributed by atoms with E-state index in [1.54, 1.807) is 6.07 Å². The van der Waals surface area contributed by atoms with Gasteiger partial charge in [0, 0.05) is 17.5 Å². The summed E-state index contributed by atoms with van der Waals surface area (Å²) in [6, 6.07) is 11.2. The fraction of sp³-hybridized carbons (Fsp3) is 0.278. The van der Waals surface area contributed by atoms with Crippen LogP contribution in [0.4, 0.5) is 0 Å². The maximum absolute atomic E-state index is 12.3. The van der Waals surface area contributed by atoms with E-state index in [0.29, 0.717) is 10.6 Å². The maximum Gasteiger partial charge on any atom is 1.00 e. The number of carbonyl (C=O) groups excluding carboxylic acids is 1. The second kappa shape index (κ2) is 8.87. The number of hydrogen-bond acceptors (Lipinski definition) is 4. The smallest absolute Gasteiger partial charge is 0.549 e.